The molecule has 0 saturated carbocycles. The van der Waals surface area contributed by atoms with E-state index in [1.807, 2.05) is 6.07 Å². The van der Waals surface area contributed by atoms with Crippen LogP contribution in [0.25, 0.3) is 0 Å². The van der Waals surface area contributed by atoms with Crippen LogP contribution in [0.4, 0.5) is 14.5 Å². The van der Waals surface area contributed by atoms with Crippen LogP contribution < -0.4 is 5.73 Å². The molecule has 0 saturated heterocycles. The van der Waals surface area contributed by atoms with E-state index >= 15 is 0 Å². The van der Waals surface area contributed by atoms with E-state index in [-0.39, 0.29) is 18.7 Å². The molecule has 5 nitrogen and oxygen atoms in total. The molecular weight excluding hydrogens is 288 g/mol. The Hall–Kier alpha value is -1.72. The second kappa shape index (κ2) is 6.15. The minimum atomic E-state index is -4.26. The van der Waals surface area contributed by atoms with Gasteiger partial charge in [0.15, 0.2) is 11.6 Å². The highest BCUT2D eigenvalue weighted by Gasteiger charge is 2.31. The molecule has 0 aliphatic heterocycles. The average molecular weight is 303 g/mol. The van der Waals surface area contributed by atoms with Crippen molar-refractivity contribution in [3.8, 4) is 6.07 Å². The van der Waals surface area contributed by atoms with Gasteiger partial charge >= 0.3 is 0 Å². The van der Waals surface area contributed by atoms with Gasteiger partial charge < -0.3 is 5.73 Å². The summed E-state index contributed by atoms with van der Waals surface area (Å²) < 4.78 is 52.7. The molecule has 0 aromatic heterocycles. The van der Waals surface area contributed by atoms with Crippen LogP contribution in [0.1, 0.15) is 20.3 Å². The van der Waals surface area contributed by atoms with E-state index in [0.29, 0.717) is 6.07 Å². The molecule has 0 amide bonds. The highest BCUT2D eigenvalue weighted by Crippen LogP contribution is 2.25. The molecular formula is C12H15F2N3O2S. The quantitative estimate of drug-likeness (QED) is 0.841. The Morgan fingerprint density at radius 2 is 2.00 bits per heavy atom. The minimum absolute atomic E-state index is 0.0518. The number of nitriles is 1. The summed E-state index contributed by atoms with van der Waals surface area (Å²) in [6.07, 6.45) is -0.0518. The van der Waals surface area contributed by atoms with E-state index in [1.165, 1.54) is 0 Å². The summed E-state index contributed by atoms with van der Waals surface area (Å²) >= 11 is 0. The van der Waals surface area contributed by atoms with Gasteiger partial charge in [0.2, 0.25) is 10.0 Å². The molecule has 0 aliphatic rings. The van der Waals surface area contributed by atoms with Crippen LogP contribution in [-0.4, -0.2) is 25.3 Å². The third kappa shape index (κ3) is 3.23. The van der Waals surface area contributed by atoms with E-state index in [1.54, 1.807) is 13.8 Å². The lowest BCUT2D eigenvalue weighted by atomic mass is 10.3. The van der Waals surface area contributed by atoms with E-state index in [0.717, 1.165) is 10.4 Å². The first kappa shape index (κ1) is 16.3. The van der Waals surface area contributed by atoms with Crippen LogP contribution in [0.3, 0.4) is 0 Å². The maximum Gasteiger partial charge on any atom is 0.246 e. The van der Waals surface area contributed by atoms with Gasteiger partial charge in [-0.05, 0) is 26.0 Å². The summed E-state index contributed by atoms with van der Waals surface area (Å²) in [4.78, 5) is -0.818. The first-order valence-corrected chi connectivity index (χ1v) is 7.29. The number of anilines is 1. The molecule has 0 aliphatic carbocycles. The van der Waals surface area contributed by atoms with Crippen molar-refractivity contribution in [2.75, 3.05) is 12.3 Å². The number of rotatable bonds is 5. The van der Waals surface area contributed by atoms with Gasteiger partial charge in [0.1, 0.15) is 4.90 Å². The van der Waals surface area contributed by atoms with Gasteiger partial charge in [-0.2, -0.15) is 9.57 Å². The second-order valence-electron chi connectivity index (χ2n) is 4.43. The second-order valence-corrected chi connectivity index (χ2v) is 6.29. The number of sulfonamides is 1. The van der Waals surface area contributed by atoms with E-state index in [2.05, 4.69) is 0 Å². The molecule has 0 spiro atoms. The van der Waals surface area contributed by atoms with E-state index in [9.17, 15) is 17.2 Å². The summed E-state index contributed by atoms with van der Waals surface area (Å²) in [5, 5.41) is 8.55. The molecule has 0 fully saturated rings. The molecule has 8 heteroatoms. The molecule has 1 aromatic rings. The lowest BCUT2D eigenvalue weighted by Crippen LogP contribution is -2.38. The van der Waals surface area contributed by atoms with Gasteiger partial charge in [0.25, 0.3) is 0 Å². The van der Waals surface area contributed by atoms with Gasteiger partial charge in [0.05, 0.1) is 6.07 Å². The topological polar surface area (TPSA) is 87.2 Å². The zero-order chi connectivity index (χ0) is 15.5. The number of hydrogen-bond acceptors (Lipinski definition) is 4. The average Bonchev–Trinajstić information content (AvgIpc) is 2.33. The summed E-state index contributed by atoms with van der Waals surface area (Å²) in [6.45, 7) is 3.05. The van der Waals surface area contributed by atoms with Crippen LogP contribution in [0, 0.1) is 23.0 Å². The molecule has 0 heterocycles. The fourth-order valence-electron chi connectivity index (χ4n) is 1.71. The van der Waals surface area contributed by atoms with Gasteiger partial charge in [0, 0.05) is 24.7 Å². The highest BCUT2D eigenvalue weighted by molar-refractivity contribution is 7.89. The van der Waals surface area contributed by atoms with E-state index in [4.69, 9.17) is 11.0 Å². The largest absolute Gasteiger partial charge is 0.399 e. The van der Waals surface area contributed by atoms with Crippen molar-refractivity contribution in [2.24, 2.45) is 0 Å². The molecule has 0 bridgehead atoms. The standard InChI is InChI=1S/C12H15F2N3O2S/c1-8(2)17(5-3-4-15)20(18,19)11-7-9(16)6-10(13)12(11)14/h6-8H,3,5,16H2,1-2H3. The zero-order valence-electron chi connectivity index (χ0n) is 11.1. The van der Waals surface area contributed by atoms with Crippen molar-refractivity contribution in [3.63, 3.8) is 0 Å². The molecule has 0 atom stereocenters. The third-order valence-corrected chi connectivity index (χ3v) is 4.70. The van der Waals surface area contributed by atoms with Crippen molar-refractivity contribution in [2.45, 2.75) is 31.2 Å². The fourth-order valence-corrected chi connectivity index (χ4v) is 3.46. The number of benzene rings is 1. The molecule has 110 valence electrons. The Kier molecular flexibility index (Phi) is 5.03. The van der Waals surface area contributed by atoms with Crippen LogP contribution >= 0.6 is 0 Å². The van der Waals surface area contributed by atoms with Crippen molar-refractivity contribution in [1.82, 2.24) is 4.31 Å². The number of halogens is 2. The summed E-state index contributed by atoms with van der Waals surface area (Å²) in [5.41, 5.74) is 5.17. The molecule has 2 N–H and O–H groups in total. The highest BCUT2D eigenvalue weighted by atomic mass is 32.2. The van der Waals surface area contributed by atoms with Crippen LogP contribution in [-0.2, 0) is 10.0 Å². The Balaban J connectivity index is 3.38. The fraction of sp³-hybridized carbons (Fsp3) is 0.417. The monoisotopic (exact) mass is 303 g/mol. The SMILES string of the molecule is CC(C)N(CCC#N)S(=O)(=O)c1cc(N)cc(F)c1F. The van der Waals surface area contributed by atoms with Gasteiger partial charge in [-0.15, -0.1) is 0 Å². The predicted molar refractivity (Wildman–Crippen MR) is 70.0 cm³/mol. The number of nitrogens with zero attached hydrogens (tertiary/aromatic N) is 2. The Labute approximate surface area is 116 Å². The van der Waals surface area contributed by atoms with Crippen LogP contribution in [0.2, 0.25) is 0 Å². The van der Waals surface area contributed by atoms with Gasteiger partial charge in [-0.25, -0.2) is 17.2 Å². The Morgan fingerprint density at radius 3 is 2.50 bits per heavy atom. The molecule has 0 radical (unpaired) electrons. The Morgan fingerprint density at radius 1 is 1.40 bits per heavy atom. The third-order valence-electron chi connectivity index (χ3n) is 2.62. The van der Waals surface area contributed by atoms with Crippen molar-refractivity contribution >= 4 is 15.7 Å². The molecule has 1 rings (SSSR count). The molecule has 1 aromatic carbocycles. The first-order chi connectivity index (χ1) is 9.21. The van der Waals surface area contributed by atoms with Crippen molar-refractivity contribution < 1.29 is 17.2 Å². The van der Waals surface area contributed by atoms with Crippen LogP contribution in [0.5, 0.6) is 0 Å². The Bertz CT molecular complexity index is 639. The summed E-state index contributed by atoms with van der Waals surface area (Å²) in [5.74, 6) is -2.80. The minimum Gasteiger partial charge on any atom is -0.399 e. The number of nitrogen functional groups attached to an aromatic ring is 1. The van der Waals surface area contributed by atoms with E-state index < -0.39 is 32.6 Å². The van der Waals surface area contributed by atoms with Crippen LogP contribution in [0.15, 0.2) is 17.0 Å². The smallest absolute Gasteiger partial charge is 0.246 e. The lowest BCUT2D eigenvalue weighted by molar-refractivity contribution is 0.357. The number of hydrogen-bond donors (Lipinski definition) is 1. The van der Waals surface area contributed by atoms with Gasteiger partial charge in [-0.3, -0.25) is 0 Å². The van der Waals surface area contributed by atoms with Crippen molar-refractivity contribution in [1.29, 1.82) is 5.26 Å². The maximum absolute atomic E-state index is 13.7. The van der Waals surface area contributed by atoms with Gasteiger partial charge in [-0.1, -0.05) is 0 Å². The summed E-state index contributed by atoms with van der Waals surface area (Å²) in [7, 11) is -4.26. The summed E-state index contributed by atoms with van der Waals surface area (Å²) in [6, 6.07) is 2.89. The number of nitrogens with two attached hydrogens (primary N) is 1. The molecule has 20 heavy (non-hydrogen) atoms. The zero-order valence-corrected chi connectivity index (χ0v) is 11.9. The predicted octanol–water partition coefficient (Wildman–Crippen LogP) is 1.86. The lowest BCUT2D eigenvalue weighted by Gasteiger charge is -2.25. The maximum atomic E-state index is 13.7. The first-order valence-electron chi connectivity index (χ1n) is 5.85. The van der Waals surface area contributed by atoms with Crippen molar-refractivity contribution in [3.05, 3.63) is 23.8 Å². The molecule has 0 unspecified atom stereocenters. The normalized spacial score (nSPS) is 11.8.